The number of aromatic carboxylic acids is 1. The fourth-order valence-corrected chi connectivity index (χ4v) is 2.59. The van der Waals surface area contributed by atoms with Crippen molar-refractivity contribution in [2.45, 2.75) is 6.92 Å². The Morgan fingerprint density at radius 2 is 2.11 bits per heavy atom. The first kappa shape index (κ1) is 14.1. The zero-order valence-electron chi connectivity index (χ0n) is 9.95. The van der Waals surface area contributed by atoms with Gasteiger partial charge in [-0.05, 0) is 59.8 Å². The van der Waals surface area contributed by atoms with E-state index in [1.54, 1.807) is 13.0 Å². The van der Waals surface area contributed by atoms with Gasteiger partial charge in [0.25, 0.3) is 0 Å². The van der Waals surface area contributed by atoms with E-state index >= 15 is 0 Å². The van der Waals surface area contributed by atoms with Crippen molar-refractivity contribution in [3.8, 4) is 0 Å². The number of carboxylic acids is 1. The molecule has 0 amide bonds. The number of aromatic nitrogens is 1. The molecule has 0 bridgehead atoms. The van der Waals surface area contributed by atoms with Crippen molar-refractivity contribution in [3.63, 3.8) is 0 Å². The monoisotopic (exact) mass is 388 g/mol. The molecule has 0 saturated heterocycles. The number of carbonyl (C=O) groups is 1. The molecule has 2 aromatic rings. The number of nitrogens with one attached hydrogen (secondary N) is 1. The van der Waals surface area contributed by atoms with Gasteiger partial charge in [-0.15, -0.1) is 0 Å². The Hall–Kier alpha value is -1.34. The quantitative estimate of drug-likeness (QED) is 0.778. The van der Waals surface area contributed by atoms with E-state index in [9.17, 15) is 4.79 Å². The summed E-state index contributed by atoms with van der Waals surface area (Å²) in [5.41, 5.74) is 1.68. The predicted molar refractivity (Wildman–Crippen MR) is 83.4 cm³/mol. The molecule has 0 atom stereocenters. The minimum atomic E-state index is -0.973. The summed E-state index contributed by atoms with van der Waals surface area (Å²) in [5.74, 6) is -0.475. The molecule has 19 heavy (non-hydrogen) atoms. The lowest BCUT2D eigenvalue weighted by molar-refractivity contribution is 0.0696. The summed E-state index contributed by atoms with van der Waals surface area (Å²) >= 11 is 8.04. The smallest absolute Gasteiger partial charge is 0.335 e. The van der Waals surface area contributed by atoms with E-state index in [-0.39, 0.29) is 5.56 Å². The van der Waals surface area contributed by atoms with Crippen molar-refractivity contribution >= 4 is 51.7 Å². The maximum Gasteiger partial charge on any atom is 0.335 e. The Balaban J connectivity index is 2.35. The third-order valence-corrected chi connectivity index (χ3v) is 3.52. The summed E-state index contributed by atoms with van der Waals surface area (Å²) in [7, 11) is 0. The lowest BCUT2D eigenvalue weighted by Crippen LogP contribution is -2.02. The highest BCUT2D eigenvalue weighted by Gasteiger charge is 2.08. The van der Waals surface area contributed by atoms with Crippen LogP contribution in [-0.4, -0.2) is 16.1 Å². The molecule has 2 N–H and O–H groups in total. The van der Waals surface area contributed by atoms with Crippen LogP contribution in [0.5, 0.6) is 0 Å². The number of nitrogens with zero attached hydrogens (tertiary/aromatic N) is 1. The van der Waals surface area contributed by atoms with Gasteiger partial charge in [0.15, 0.2) is 0 Å². The maximum atomic E-state index is 11.0. The molecule has 98 valence electrons. The summed E-state index contributed by atoms with van der Waals surface area (Å²) in [4.78, 5) is 15.3. The molecular weight excluding hydrogens is 379 g/mol. The zero-order chi connectivity index (χ0) is 14.0. The number of pyridine rings is 1. The van der Waals surface area contributed by atoms with Crippen molar-refractivity contribution in [3.05, 3.63) is 50.2 Å². The normalized spacial score (nSPS) is 10.3. The first-order valence-corrected chi connectivity index (χ1v) is 6.85. The number of hydrogen-bond donors (Lipinski definition) is 2. The van der Waals surface area contributed by atoms with Crippen LogP contribution in [0.3, 0.4) is 0 Å². The topological polar surface area (TPSA) is 62.2 Å². The lowest BCUT2D eigenvalue weighted by atomic mass is 10.2. The van der Waals surface area contributed by atoms with Gasteiger partial charge < -0.3 is 10.4 Å². The molecule has 0 aliphatic carbocycles. The molecule has 2 rings (SSSR count). The molecule has 0 spiro atoms. The molecule has 0 radical (unpaired) electrons. The summed E-state index contributed by atoms with van der Waals surface area (Å²) in [6, 6.07) is 8.44. The lowest BCUT2D eigenvalue weighted by Gasteiger charge is -2.09. The largest absolute Gasteiger partial charge is 0.478 e. The zero-order valence-corrected chi connectivity index (χ0v) is 12.9. The summed E-state index contributed by atoms with van der Waals surface area (Å²) in [5, 5.41) is 12.8. The fourth-order valence-electron chi connectivity index (χ4n) is 1.58. The van der Waals surface area contributed by atoms with Crippen LogP contribution in [0.2, 0.25) is 5.02 Å². The Labute approximate surface area is 129 Å². The highest BCUT2D eigenvalue weighted by molar-refractivity contribution is 14.1. The molecule has 1 aromatic carbocycles. The van der Waals surface area contributed by atoms with Gasteiger partial charge in [-0.25, -0.2) is 9.78 Å². The van der Waals surface area contributed by atoms with E-state index in [0.717, 1.165) is 9.26 Å². The first-order valence-electron chi connectivity index (χ1n) is 5.40. The van der Waals surface area contributed by atoms with E-state index in [1.165, 1.54) is 12.1 Å². The van der Waals surface area contributed by atoms with Gasteiger partial charge in [0, 0.05) is 14.3 Å². The Kier molecular flexibility index (Phi) is 4.26. The average Bonchev–Trinajstić information content (AvgIpc) is 2.32. The number of aryl methyl sites for hydroxylation is 1. The van der Waals surface area contributed by atoms with Crippen LogP contribution in [0.25, 0.3) is 0 Å². The molecule has 0 saturated carbocycles. The maximum absolute atomic E-state index is 11.0. The number of rotatable bonds is 3. The molecule has 1 aromatic heterocycles. The van der Waals surface area contributed by atoms with Gasteiger partial charge in [-0.1, -0.05) is 11.6 Å². The standard InChI is InChI=1S/C13H10ClIN2O2/c1-7-4-8(13(18)19)5-12(16-7)17-11-3-2-9(14)6-10(11)15/h2-6H,1H3,(H,16,17)(H,18,19). The SMILES string of the molecule is Cc1cc(C(=O)O)cc(Nc2ccc(Cl)cc2I)n1. The highest BCUT2D eigenvalue weighted by Crippen LogP contribution is 2.25. The molecule has 6 heteroatoms. The Bertz CT molecular complexity index is 647. The molecule has 0 unspecified atom stereocenters. The second kappa shape index (κ2) is 5.75. The van der Waals surface area contributed by atoms with E-state index in [2.05, 4.69) is 32.9 Å². The number of halogens is 2. The van der Waals surface area contributed by atoms with Crippen LogP contribution < -0.4 is 5.32 Å². The molecule has 0 aliphatic heterocycles. The van der Waals surface area contributed by atoms with Gasteiger partial charge in [0.05, 0.1) is 11.3 Å². The van der Waals surface area contributed by atoms with Crippen molar-refractivity contribution < 1.29 is 9.90 Å². The highest BCUT2D eigenvalue weighted by atomic mass is 127. The molecular formula is C13H10ClIN2O2. The number of benzene rings is 1. The van der Waals surface area contributed by atoms with Gasteiger partial charge in [-0.3, -0.25) is 0 Å². The van der Waals surface area contributed by atoms with Gasteiger partial charge in [0.2, 0.25) is 0 Å². The summed E-state index contributed by atoms with van der Waals surface area (Å²) in [6.07, 6.45) is 0. The average molecular weight is 389 g/mol. The minimum Gasteiger partial charge on any atom is -0.478 e. The van der Waals surface area contributed by atoms with Crippen LogP contribution >= 0.6 is 34.2 Å². The molecule has 0 aliphatic rings. The van der Waals surface area contributed by atoms with Gasteiger partial charge in [-0.2, -0.15) is 0 Å². The second-order valence-corrected chi connectivity index (χ2v) is 5.54. The van der Waals surface area contributed by atoms with E-state index in [4.69, 9.17) is 16.7 Å². The number of anilines is 2. The molecule has 0 fully saturated rings. The van der Waals surface area contributed by atoms with Crippen LogP contribution in [0.4, 0.5) is 11.5 Å². The number of hydrogen-bond acceptors (Lipinski definition) is 3. The Morgan fingerprint density at radius 1 is 1.37 bits per heavy atom. The van der Waals surface area contributed by atoms with Crippen LogP contribution in [0.15, 0.2) is 30.3 Å². The van der Waals surface area contributed by atoms with Gasteiger partial charge >= 0.3 is 5.97 Å². The summed E-state index contributed by atoms with van der Waals surface area (Å²) < 4.78 is 0.935. The number of carboxylic acid groups (broad SMARTS) is 1. The van der Waals surface area contributed by atoms with Crippen LogP contribution in [-0.2, 0) is 0 Å². The Morgan fingerprint density at radius 3 is 2.74 bits per heavy atom. The fraction of sp³-hybridized carbons (Fsp3) is 0.0769. The first-order chi connectivity index (χ1) is 8.95. The van der Waals surface area contributed by atoms with Crippen molar-refractivity contribution in [1.29, 1.82) is 0 Å². The van der Waals surface area contributed by atoms with Crippen molar-refractivity contribution in [1.82, 2.24) is 4.98 Å². The third kappa shape index (κ3) is 3.57. The van der Waals surface area contributed by atoms with Gasteiger partial charge in [0.1, 0.15) is 5.82 Å². The van der Waals surface area contributed by atoms with E-state index < -0.39 is 5.97 Å². The predicted octanol–water partition coefficient (Wildman–Crippen LogP) is 4.09. The molecule has 4 nitrogen and oxygen atoms in total. The van der Waals surface area contributed by atoms with Crippen LogP contribution in [0.1, 0.15) is 16.1 Å². The van der Waals surface area contributed by atoms with Crippen molar-refractivity contribution in [2.24, 2.45) is 0 Å². The molecule has 1 heterocycles. The van der Waals surface area contributed by atoms with E-state index in [1.807, 2.05) is 12.1 Å². The second-order valence-electron chi connectivity index (χ2n) is 3.94. The summed E-state index contributed by atoms with van der Waals surface area (Å²) in [6.45, 7) is 1.75. The van der Waals surface area contributed by atoms with Crippen molar-refractivity contribution in [2.75, 3.05) is 5.32 Å². The minimum absolute atomic E-state index is 0.207. The van der Waals surface area contributed by atoms with Crippen LogP contribution in [0, 0.1) is 10.5 Å². The van der Waals surface area contributed by atoms with E-state index in [0.29, 0.717) is 16.5 Å². The third-order valence-electron chi connectivity index (χ3n) is 2.39.